The summed E-state index contributed by atoms with van der Waals surface area (Å²) in [6.07, 6.45) is 0.370. The highest BCUT2D eigenvalue weighted by Crippen LogP contribution is 2.18. The van der Waals surface area contributed by atoms with Crippen molar-refractivity contribution < 1.29 is 14.2 Å². The zero-order valence-electron chi connectivity index (χ0n) is 12.6. The van der Waals surface area contributed by atoms with Crippen molar-refractivity contribution in [3.05, 3.63) is 29.8 Å². The van der Waals surface area contributed by atoms with E-state index in [1.807, 2.05) is 26.0 Å². The van der Waals surface area contributed by atoms with Gasteiger partial charge < -0.3 is 19.5 Å². The monoisotopic (exact) mass is 279 g/mol. The zero-order valence-corrected chi connectivity index (χ0v) is 12.6. The van der Waals surface area contributed by atoms with Crippen molar-refractivity contribution >= 4 is 0 Å². The van der Waals surface area contributed by atoms with Crippen LogP contribution in [0.25, 0.3) is 0 Å². The highest BCUT2D eigenvalue weighted by Gasteiger charge is 2.15. The van der Waals surface area contributed by atoms with E-state index >= 15 is 0 Å². The van der Waals surface area contributed by atoms with E-state index in [1.165, 1.54) is 5.56 Å². The van der Waals surface area contributed by atoms with Crippen LogP contribution in [0, 0.1) is 0 Å². The van der Waals surface area contributed by atoms with Gasteiger partial charge in [-0.25, -0.2) is 0 Å². The lowest BCUT2D eigenvalue weighted by molar-refractivity contribution is -0.0869. The Kier molecular flexibility index (Phi) is 5.83. The Morgan fingerprint density at radius 1 is 1.20 bits per heavy atom. The molecule has 20 heavy (non-hydrogen) atoms. The summed E-state index contributed by atoms with van der Waals surface area (Å²) in [6.45, 7) is 9.12. The molecule has 1 aliphatic heterocycles. The molecule has 2 rings (SSSR count). The molecule has 0 saturated carbocycles. The molecule has 4 nitrogen and oxygen atoms in total. The van der Waals surface area contributed by atoms with Crippen LogP contribution in [0.3, 0.4) is 0 Å². The van der Waals surface area contributed by atoms with E-state index in [0.29, 0.717) is 19.8 Å². The normalized spacial score (nSPS) is 20.9. The van der Waals surface area contributed by atoms with E-state index in [2.05, 4.69) is 24.4 Å². The Morgan fingerprint density at radius 2 is 1.95 bits per heavy atom. The fraction of sp³-hybridized carbons (Fsp3) is 0.625. The predicted octanol–water partition coefficient (Wildman–Crippen LogP) is 2.54. The first-order valence-corrected chi connectivity index (χ1v) is 7.34. The number of nitrogens with one attached hydrogen (secondary N) is 1. The lowest BCUT2D eigenvalue weighted by atomic mass is 10.1. The van der Waals surface area contributed by atoms with E-state index in [4.69, 9.17) is 14.2 Å². The Balaban J connectivity index is 1.80. The largest absolute Gasteiger partial charge is 0.491 e. The molecule has 4 heteroatoms. The van der Waals surface area contributed by atoms with Crippen molar-refractivity contribution in [2.24, 2.45) is 0 Å². The summed E-state index contributed by atoms with van der Waals surface area (Å²) in [5.74, 6) is 0.917. The molecule has 1 saturated heterocycles. The van der Waals surface area contributed by atoms with Crippen LogP contribution >= 0.6 is 0 Å². The van der Waals surface area contributed by atoms with Crippen LogP contribution in [0.1, 0.15) is 32.4 Å². The molecule has 0 aliphatic carbocycles. The van der Waals surface area contributed by atoms with Gasteiger partial charge in [0, 0.05) is 12.6 Å². The summed E-state index contributed by atoms with van der Waals surface area (Å²) in [6, 6.07) is 8.54. The fourth-order valence-electron chi connectivity index (χ4n) is 2.19. The summed E-state index contributed by atoms with van der Waals surface area (Å²) in [5, 5.41) is 3.48. The lowest BCUT2D eigenvalue weighted by Crippen LogP contribution is -2.38. The Bertz CT molecular complexity index is 385. The second-order valence-corrected chi connectivity index (χ2v) is 5.43. The summed E-state index contributed by atoms with van der Waals surface area (Å²) >= 11 is 0. The van der Waals surface area contributed by atoms with Crippen LogP contribution in [0.15, 0.2) is 24.3 Å². The molecule has 1 heterocycles. The van der Waals surface area contributed by atoms with Crippen molar-refractivity contribution in [2.75, 3.05) is 26.4 Å². The third kappa shape index (κ3) is 4.78. The van der Waals surface area contributed by atoms with Gasteiger partial charge in [0.2, 0.25) is 0 Å². The van der Waals surface area contributed by atoms with Crippen LogP contribution in [-0.4, -0.2) is 38.6 Å². The van der Waals surface area contributed by atoms with Gasteiger partial charge in [-0.2, -0.15) is 0 Å². The second-order valence-electron chi connectivity index (χ2n) is 5.43. The maximum absolute atomic E-state index is 5.65. The molecule has 0 aromatic heterocycles. The van der Waals surface area contributed by atoms with Gasteiger partial charge in [-0.1, -0.05) is 12.1 Å². The molecule has 112 valence electrons. The van der Waals surface area contributed by atoms with E-state index in [0.717, 1.165) is 12.3 Å². The molecule has 1 N–H and O–H groups in total. The minimum Gasteiger partial charge on any atom is -0.491 e. The van der Waals surface area contributed by atoms with Crippen molar-refractivity contribution in [2.45, 2.75) is 39.0 Å². The first kappa shape index (κ1) is 15.3. The van der Waals surface area contributed by atoms with Gasteiger partial charge in [0.05, 0.1) is 32.0 Å². The summed E-state index contributed by atoms with van der Waals surface area (Å²) in [4.78, 5) is 0. The number of benzene rings is 1. The maximum Gasteiger partial charge on any atom is 0.119 e. The number of ether oxygens (including phenoxy) is 3. The predicted molar refractivity (Wildman–Crippen MR) is 79.2 cm³/mol. The van der Waals surface area contributed by atoms with Gasteiger partial charge >= 0.3 is 0 Å². The van der Waals surface area contributed by atoms with Crippen molar-refractivity contribution in [1.29, 1.82) is 0 Å². The molecule has 2 unspecified atom stereocenters. The van der Waals surface area contributed by atoms with E-state index in [-0.39, 0.29) is 18.2 Å². The smallest absolute Gasteiger partial charge is 0.119 e. The molecule has 0 bridgehead atoms. The average Bonchev–Trinajstić information content (AvgIpc) is 2.46. The van der Waals surface area contributed by atoms with Crippen molar-refractivity contribution in [1.82, 2.24) is 5.32 Å². The van der Waals surface area contributed by atoms with Crippen LogP contribution in [0.4, 0.5) is 0 Å². The SMILES string of the molecule is CC(C)Oc1ccc(C(C)NCC2COCCO2)cc1. The van der Waals surface area contributed by atoms with Crippen LogP contribution < -0.4 is 10.1 Å². The standard InChI is InChI=1S/C16H25NO3/c1-12(2)20-15-6-4-14(5-7-15)13(3)17-10-16-11-18-8-9-19-16/h4-7,12-13,16-17H,8-11H2,1-3H3. The Morgan fingerprint density at radius 3 is 2.55 bits per heavy atom. The minimum absolute atomic E-state index is 0.162. The van der Waals surface area contributed by atoms with Gasteiger partial charge in [-0.3, -0.25) is 0 Å². The molecular formula is C16H25NO3. The van der Waals surface area contributed by atoms with Gasteiger partial charge in [-0.15, -0.1) is 0 Å². The molecule has 1 aliphatic rings. The number of hydrogen-bond donors (Lipinski definition) is 1. The topological polar surface area (TPSA) is 39.7 Å². The van der Waals surface area contributed by atoms with Gasteiger partial charge in [0.25, 0.3) is 0 Å². The molecule has 1 aromatic rings. The summed E-state index contributed by atoms with van der Waals surface area (Å²) in [5.41, 5.74) is 1.25. The molecule has 0 radical (unpaired) electrons. The third-order valence-corrected chi connectivity index (χ3v) is 3.29. The first-order valence-electron chi connectivity index (χ1n) is 7.34. The van der Waals surface area contributed by atoms with Gasteiger partial charge in [0.15, 0.2) is 0 Å². The average molecular weight is 279 g/mol. The molecule has 0 amide bonds. The molecule has 1 fully saturated rings. The number of rotatable bonds is 6. The summed E-state index contributed by atoms with van der Waals surface area (Å²) < 4.78 is 16.7. The second kappa shape index (κ2) is 7.62. The maximum atomic E-state index is 5.65. The Labute approximate surface area is 121 Å². The van der Waals surface area contributed by atoms with Crippen molar-refractivity contribution in [3.63, 3.8) is 0 Å². The zero-order chi connectivity index (χ0) is 14.4. The quantitative estimate of drug-likeness (QED) is 0.868. The molecule has 0 spiro atoms. The van der Waals surface area contributed by atoms with Gasteiger partial charge in [-0.05, 0) is 38.5 Å². The summed E-state index contributed by atoms with van der Waals surface area (Å²) in [7, 11) is 0. The van der Waals surface area contributed by atoms with Gasteiger partial charge in [0.1, 0.15) is 5.75 Å². The fourth-order valence-corrected chi connectivity index (χ4v) is 2.19. The Hall–Kier alpha value is -1.10. The first-order chi connectivity index (χ1) is 9.65. The highest BCUT2D eigenvalue weighted by atomic mass is 16.6. The van der Waals surface area contributed by atoms with E-state index in [1.54, 1.807) is 0 Å². The minimum atomic E-state index is 0.162. The lowest BCUT2D eigenvalue weighted by Gasteiger charge is -2.25. The third-order valence-electron chi connectivity index (χ3n) is 3.29. The van der Waals surface area contributed by atoms with Crippen LogP contribution in [0.2, 0.25) is 0 Å². The highest BCUT2D eigenvalue weighted by molar-refractivity contribution is 5.29. The van der Waals surface area contributed by atoms with Crippen LogP contribution in [0.5, 0.6) is 5.75 Å². The van der Waals surface area contributed by atoms with Crippen LogP contribution in [-0.2, 0) is 9.47 Å². The molecule has 2 atom stereocenters. The van der Waals surface area contributed by atoms with E-state index < -0.39 is 0 Å². The van der Waals surface area contributed by atoms with Crippen molar-refractivity contribution in [3.8, 4) is 5.75 Å². The molecular weight excluding hydrogens is 254 g/mol. The molecule has 1 aromatic carbocycles. The number of hydrogen-bond acceptors (Lipinski definition) is 4. The van der Waals surface area contributed by atoms with E-state index in [9.17, 15) is 0 Å².